The molecule has 5 nitrogen and oxygen atoms in total. The van der Waals surface area contributed by atoms with Gasteiger partial charge >= 0.3 is 5.97 Å². The Morgan fingerprint density at radius 1 is 1.25 bits per heavy atom. The third kappa shape index (κ3) is 6.34. The number of hydrogen-bond donors (Lipinski definition) is 1. The van der Waals surface area contributed by atoms with Crippen LogP contribution in [0.3, 0.4) is 0 Å². The number of nitrogens with one attached hydrogen (secondary N) is 1. The van der Waals surface area contributed by atoms with Crippen molar-refractivity contribution in [3.8, 4) is 0 Å². The molecule has 126 valence electrons. The summed E-state index contributed by atoms with van der Waals surface area (Å²) < 4.78 is 5.09. The molecule has 1 heterocycles. The summed E-state index contributed by atoms with van der Waals surface area (Å²) in [6, 6.07) is 9.73. The molecule has 2 aromatic rings. The predicted octanol–water partition coefficient (Wildman–Crippen LogP) is 3.01. The molecule has 1 aromatic carbocycles. The van der Waals surface area contributed by atoms with Gasteiger partial charge in [0.15, 0.2) is 0 Å². The van der Waals surface area contributed by atoms with Crippen LogP contribution in [0, 0.1) is 0 Å². The highest BCUT2D eigenvalue weighted by molar-refractivity contribution is 7.09. The molecule has 0 radical (unpaired) electrons. The molecule has 0 saturated carbocycles. The lowest BCUT2D eigenvalue weighted by atomic mass is 10.2. The Hall–Kier alpha value is -2.47. The summed E-state index contributed by atoms with van der Waals surface area (Å²) in [5, 5.41) is 5.37. The van der Waals surface area contributed by atoms with Gasteiger partial charge in [0.1, 0.15) is 11.6 Å². The first-order valence-electron chi connectivity index (χ1n) is 7.58. The second-order valence-electron chi connectivity index (χ2n) is 5.50. The minimum atomic E-state index is -0.384. The smallest absolute Gasteiger partial charge is 0.331 e. The van der Waals surface area contributed by atoms with Crippen molar-refractivity contribution in [1.82, 2.24) is 10.3 Å². The van der Waals surface area contributed by atoms with Crippen LogP contribution in [-0.4, -0.2) is 16.9 Å². The minimum absolute atomic E-state index is 0.0821. The zero-order valence-electron chi connectivity index (χ0n) is 13.7. The van der Waals surface area contributed by atoms with Crippen LogP contribution in [0.4, 0.5) is 0 Å². The van der Waals surface area contributed by atoms with Gasteiger partial charge < -0.3 is 10.1 Å². The zero-order chi connectivity index (χ0) is 17.4. The van der Waals surface area contributed by atoms with Crippen molar-refractivity contribution < 1.29 is 14.3 Å². The second-order valence-corrected chi connectivity index (χ2v) is 6.44. The van der Waals surface area contributed by atoms with E-state index < -0.39 is 0 Å². The van der Waals surface area contributed by atoms with E-state index in [2.05, 4.69) is 10.3 Å². The number of carbonyl (C=O) groups is 2. The van der Waals surface area contributed by atoms with Crippen molar-refractivity contribution in [2.24, 2.45) is 0 Å². The molecule has 0 aliphatic heterocycles. The Bertz CT molecular complexity index is 719. The normalized spacial score (nSPS) is 10.1. The van der Waals surface area contributed by atoms with Crippen LogP contribution in [0.2, 0.25) is 0 Å². The lowest BCUT2D eigenvalue weighted by Crippen LogP contribution is -2.24. The van der Waals surface area contributed by atoms with Gasteiger partial charge in [-0.05, 0) is 19.4 Å². The maximum Gasteiger partial charge on any atom is 0.331 e. The van der Waals surface area contributed by atoms with Crippen LogP contribution in [0.25, 0.3) is 0 Å². The molecule has 0 fully saturated rings. The zero-order valence-corrected chi connectivity index (χ0v) is 14.6. The molecule has 0 atom stereocenters. The summed E-state index contributed by atoms with van der Waals surface area (Å²) in [4.78, 5) is 27.7. The highest BCUT2D eigenvalue weighted by Crippen LogP contribution is 2.12. The summed E-state index contributed by atoms with van der Waals surface area (Å²) in [6.07, 6.45) is 1.66. The molecular formula is C18H20N2O3S. The number of nitrogens with zero attached hydrogens (tertiary/aromatic N) is 1. The minimum Gasteiger partial charge on any atom is -0.456 e. The summed E-state index contributed by atoms with van der Waals surface area (Å²) in [5.74, 6) is -0.466. The number of hydrogen-bond acceptors (Lipinski definition) is 5. The Kier molecular flexibility index (Phi) is 6.69. The molecule has 2 rings (SSSR count). The number of benzene rings is 1. The number of amides is 1. The SMILES string of the molecule is CC(C)=CC(=O)OCc1csc(CC(=O)NCc2ccccc2)n1. The highest BCUT2D eigenvalue weighted by Gasteiger charge is 2.09. The van der Waals surface area contributed by atoms with Crippen molar-refractivity contribution in [3.05, 3.63) is 63.6 Å². The van der Waals surface area contributed by atoms with Crippen LogP contribution < -0.4 is 5.32 Å². The van der Waals surface area contributed by atoms with E-state index in [0.717, 1.165) is 11.1 Å². The molecule has 1 aromatic heterocycles. The van der Waals surface area contributed by atoms with Crippen molar-refractivity contribution in [3.63, 3.8) is 0 Å². The monoisotopic (exact) mass is 344 g/mol. The van der Waals surface area contributed by atoms with Gasteiger partial charge in [0.25, 0.3) is 0 Å². The first kappa shape index (κ1) is 17.9. The number of ether oxygens (including phenoxy) is 1. The van der Waals surface area contributed by atoms with Gasteiger partial charge in [0.05, 0.1) is 12.1 Å². The van der Waals surface area contributed by atoms with E-state index in [-0.39, 0.29) is 24.9 Å². The molecule has 6 heteroatoms. The standard InChI is InChI=1S/C18H20N2O3S/c1-13(2)8-18(22)23-11-15-12-24-17(20-15)9-16(21)19-10-14-6-4-3-5-7-14/h3-8,12H,9-11H2,1-2H3,(H,19,21). The van der Waals surface area contributed by atoms with Crippen molar-refractivity contribution in [2.45, 2.75) is 33.4 Å². The summed E-state index contributed by atoms with van der Waals surface area (Å²) in [5.41, 5.74) is 2.59. The third-order valence-electron chi connectivity index (χ3n) is 3.01. The summed E-state index contributed by atoms with van der Waals surface area (Å²) in [7, 11) is 0. The fourth-order valence-electron chi connectivity index (χ4n) is 1.92. The first-order chi connectivity index (χ1) is 11.5. The van der Waals surface area contributed by atoms with E-state index in [1.807, 2.05) is 44.2 Å². The average molecular weight is 344 g/mol. The first-order valence-corrected chi connectivity index (χ1v) is 8.46. The van der Waals surface area contributed by atoms with Gasteiger partial charge in [-0.3, -0.25) is 4.79 Å². The summed E-state index contributed by atoms with van der Waals surface area (Å²) >= 11 is 1.39. The molecule has 0 spiro atoms. The number of carbonyl (C=O) groups excluding carboxylic acids is 2. The molecule has 0 aliphatic carbocycles. The van der Waals surface area contributed by atoms with Crippen LogP contribution in [-0.2, 0) is 33.9 Å². The van der Waals surface area contributed by atoms with E-state index in [1.54, 1.807) is 5.38 Å². The predicted molar refractivity (Wildman–Crippen MR) is 93.3 cm³/mol. The number of rotatable bonds is 7. The van der Waals surface area contributed by atoms with E-state index in [0.29, 0.717) is 17.2 Å². The van der Waals surface area contributed by atoms with Crippen LogP contribution in [0.15, 0.2) is 47.4 Å². The molecule has 1 amide bonds. The van der Waals surface area contributed by atoms with Crippen LogP contribution >= 0.6 is 11.3 Å². The van der Waals surface area contributed by atoms with Crippen LogP contribution in [0.1, 0.15) is 30.1 Å². The fraction of sp³-hybridized carbons (Fsp3) is 0.278. The summed E-state index contributed by atoms with van der Waals surface area (Å²) in [6.45, 7) is 4.27. The molecule has 0 aliphatic rings. The molecule has 24 heavy (non-hydrogen) atoms. The van der Waals surface area contributed by atoms with Crippen molar-refractivity contribution in [1.29, 1.82) is 0 Å². The number of allylic oxidation sites excluding steroid dienone is 1. The topological polar surface area (TPSA) is 68.3 Å². The van der Waals surface area contributed by atoms with Crippen LogP contribution in [0.5, 0.6) is 0 Å². The average Bonchev–Trinajstić information content (AvgIpc) is 2.99. The lowest BCUT2D eigenvalue weighted by Gasteiger charge is -2.03. The molecular weight excluding hydrogens is 324 g/mol. The Morgan fingerprint density at radius 2 is 2.00 bits per heavy atom. The quantitative estimate of drug-likeness (QED) is 0.619. The Labute approximate surface area is 145 Å². The molecule has 0 unspecified atom stereocenters. The van der Waals surface area contributed by atoms with Gasteiger partial charge in [-0.1, -0.05) is 35.9 Å². The van der Waals surface area contributed by atoms with E-state index >= 15 is 0 Å². The number of esters is 1. The lowest BCUT2D eigenvalue weighted by molar-refractivity contribution is -0.139. The van der Waals surface area contributed by atoms with Gasteiger partial charge in [0.2, 0.25) is 5.91 Å². The highest BCUT2D eigenvalue weighted by atomic mass is 32.1. The van der Waals surface area contributed by atoms with Gasteiger partial charge in [-0.25, -0.2) is 9.78 Å². The Balaban J connectivity index is 1.77. The maximum absolute atomic E-state index is 11.9. The second kappa shape index (κ2) is 8.98. The molecule has 1 N–H and O–H groups in total. The van der Waals surface area contributed by atoms with E-state index in [9.17, 15) is 9.59 Å². The third-order valence-corrected chi connectivity index (χ3v) is 3.91. The molecule has 0 saturated heterocycles. The van der Waals surface area contributed by atoms with Crippen molar-refractivity contribution >= 4 is 23.2 Å². The number of thiazole rings is 1. The Morgan fingerprint density at radius 3 is 2.71 bits per heavy atom. The van der Waals surface area contributed by atoms with Gasteiger partial charge in [-0.2, -0.15) is 0 Å². The maximum atomic E-state index is 11.9. The van der Waals surface area contributed by atoms with E-state index in [1.165, 1.54) is 17.4 Å². The largest absolute Gasteiger partial charge is 0.456 e. The number of aromatic nitrogens is 1. The van der Waals surface area contributed by atoms with Crippen molar-refractivity contribution in [2.75, 3.05) is 0 Å². The van der Waals surface area contributed by atoms with E-state index in [4.69, 9.17) is 4.74 Å². The molecule has 0 bridgehead atoms. The van der Waals surface area contributed by atoms with Gasteiger partial charge in [-0.15, -0.1) is 11.3 Å². The van der Waals surface area contributed by atoms with Gasteiger partial charge in [0, 0.05) is 18.0 Å². The fourth-order valence-corrected chi connectivity index (χ4v) is 2.69.